The SMILES string of the molecule is O=C(O)COCC(=O)NCC(=O)NCC(=O)NCC(=O)NCCNC(=O)CO. The van der Waals surface area contributed by atoms with E-state index >= 15 is 0 Å². The van der Waals surface area contributed by atoms with Gasteiger partial charge in [-0.2, -0.15) is 0 Å². The van der Waals surface area contributed by atoms with E-state index in [1.54, 1.807) is 0 Å². The van der Waals surface area contributed by atoms with Crippen LogP contribution in [0.3, 0.4) is 0 Å². The van der Waals surface area contributed by atoms with Crippen LogP contribution in [0.5, 0.6) is 0 Å². The molecule has 0 aromatic carbocycles. The Morgan fingerprint density at radius 2 is 1.04 bits per heavy atom. The third-order valence-corrected chi connectivity index (χ3v) is 2.71. The first-order chi connectivity index (χ1) is 13.2. The summed E-state index contributed by atoms with van der Waals surface area (Å²) >= 11 is 0. The van der Waals surface area contributed by atoms with E-state index in [9.17, 15) is 28.8 Å². The van der Waals surface area contributed by atoms with Gasteiger partial charge >= 0.3 is 5.97 Å². The van der Waals surface area contributed by atoms with E-state index in [0.29, 0.717) is 0 Å². The number of hydrogen-bond acceptors (Lipinski definition) is 8. The van der Waals surface area contributed by atoms with Crippen LogP contribution in [0.15, 0.2) is 0 Å². The van der Waals surface area contributed by atoms with Crippen LogP contribution < -0.4 is 26.6 Å². The summed E-state index contributed by atoms with van der Waals surface area (Å²) in [5.41, 5.74) is 0. The van der Waals surface area contributed by atoms with Gasteiger partial charge in [-0.05, 0) is 0 Å². The Hall–Kier alpha value is -3.26. The van der Waals surface area contributed by atoms with Gasteiger partial charge in [0.05, 0.1) is 19.6 Å². The molecule has 0 bridgehead atoms. The quantitative estimate of drug-likeness (QED) is 0.137. The van der Waals surface area contributed by atoms with Crippen molar-refractivity contribution in [3.05, 3.63) is 0 Å². The number of carboxylic acids is 1. The van der Waals surface area contributed by atoms with Crippen molar-refractivity contribution in [2.45, 2.75) is 0 Å². The van der Waals surface area contributed by atoms with E-state index in [1.807, 2.05) is 0 Å². The Morgan fingerprint density at radius 3 is 1.50 bits per heavy atom. The van der Waals surface area contributed by atoms with Crippen molar-refractivity contribution < 1.29 is 43.7 Å². The number of nitrogens with one attached hydrogen (secondary N) is 5. The molecule has 0 atom stereocenters. The maximum Gasteiger partial charge on any atom is 0.329 e. The Morgan fingerprint density at radius 1 is 0.607 bits per heavy atom. The van der Waals surface area contributed by atoms with E-state index < -0.39 is 68.4 Å². The molecule has 0 radical (unpaired) electrons. The minimum Gasteiger partial charge on any atom is -0.480 e. The molecule has 0 aliphatic carbocycles. The van der Waals surface area contributed by atoms with Crippen molar-refractivity contribution in [1.29, 1.82) is 0 Å². The number of hydrogen-bond donors (Lipinski definition) is 7. The zero-order valence-corrected chi connectivity index (χ0v) is 14.9. The molecule has 0 aromatic heterocycles. The second kappa shape index (κ2) is 14.9. The number of rotatable bonds is 14. The van der Waals surface area contributed by atoms with Crippen LogP contribution in [0.25, 0.3) is 0 Å². The first kappa shape index (κ1) is 24.7. The molecule has 0 spiro atoms. The molecule has 0 saturated heterocycles. The summed E-state index contributed by atoms with van der Waals surface area (Å²) in [6, 6.07) is 0. The fourth-order valence-electron chi connectivity index (χ4n) is 1.47. The number of ether oxygens (including phenoxy) is 1. The molecule has 0 rings (SSSR count). The Kier molecular flexibility index (Phi) is 13.1. The molecule has 14 nitrogen and oxygen atoms in total. The molecule has 0 aliphatic heterocycles. The van der Waals surface area contributed by atoms with Gasteiger partial charge in [0.1, 0.15) is 19.8 Å². The van der Waals surface area contributed by atoms with Crippen molar-refractivity contribution in [1.82, 2.24) is 26.6 Å². The van der Waals surface area contributed by atoms with Crippen LogP contribution in [-0.4, -0.2) is 98.3 Å². The summed E-state index contributed by atoms with van der Waals surface area (Å²) in [4.78, 5) is 66.6. The lowest BCUT2D eigenvalue weighted by Crippen LogP contribution is -2.45. The molecule has 0 unspecified atom stereocenters. The first-order valence-electron chi connectivity index (χ1n) is 7.98. The van der Waals surface area contributed by atoms with E-state index in [0.717, 1.165) is 0 Å². The van der Waals surface area contributed by atoms with Crippen molar-refractivity contribution >= 4 is 35.5 Å². The van der Waals surface area contributed by atoms with Crippen LogP contribution in [-0.2, 0) is 33.5 Å². The van der Waals surface area contributed by atoms with Crippen LogP contribution in [0.4, 0.5) is 0 Å². The molecule has 7 N–H and O–H groups in total. The molecule has 0 aromatic rings. The van der Waals surface area contributed by atoms with Gasteiger partial charge in [-0.3, -0.25) is 24.0 Å². The Bertz CT molecular complexity index is 582. The van der Waals surface area contributed by atoms with E-state index in [1.165, 1.54) is 0 Å². The van der Waals surface area contributed by atoms with Crippen LogP contribution in [0, 0.1) is 0 Å². The fourth-order valence-corrected chi connectivity index (χ4v) is 1.47. The number of carbonyl (C=O) groups is 6. The van der Waals surface area contributed by atoms with Crippen LogP contribution in [0.1, 0.15) is 0 Å². The Balaban J connectivity index is 3.75. The lowest BCUT2D eigenvalue weighted by Gasteiger charge is -2.09. The number of aliphatic hydroxyl groups excluding tert-OH is 1. The standard InChI is InChI=1S/C14H23N5O9/c20-6-12(24)16-2-1-15-9(21)3-17-10(22)4-18-11(23)5-19-13(25)7-28-8-14(26)27/h20H,1-8H2,(H,15,21)(H,16,24)(H,17,22)(H,18,23)(H,19,25)(H,26,27). The smallest absolute Gasteiger partial charge is 0.329 e. The molecule has 5 amide bonds. The zero-order chi connectivity index (χ0) is 21.4. The molecule has 14 heteroatoms. The summed E-state index contributed by atoms with van der Waals surface area (Å²) < 4.78 is 4.52. The lowest BCUT2D eigenvalue weighted by molar-refractivity contribution is -0.144. The van der Waals surface area contributed by atoms with E-state index in [4.69, 9.17) is 10.2 Å². The average Bonchev–Trinajstić information content (AvgIpc) is 2.65. The molecule has 0 saturated carbocycles. The molecule has 0 fully saturated rings. The highest BCUT2D eigenvalue weighted by atomic mass is 16.5. The highest BCUT2D eigenvalue weighted by molar-refractivity contribution is 5.90. The van der Waals surface area contributed by atoms with E-state index in [2.05, 4.69) is 31.3 Å². The molecule has 0 aliphatic rings. The summed E-state index contributed by atoms with van der Waals surface area (Å²) in [5.74, 6) is -4.36. The van der Waals surface area contributed by atoms with Crippen molar-refractivity contribution in [2.75, 3.05) is 52.5 Å². The summed E-state index contributed by atoms with van der Waals surface area (Å²) in [7, 11) is 0. The normalized spacial score (nSPS) is 9.75. The molecule has 0 heterocycles. The topological polar surface area (TPSA) is 212 Å². The van der Waals surface area contributed by atoms with Gasteiger partial charge in [-0.25, -0.2) is 4.79 Å². The van der Waals surface area contributed by atoms with Crippen LogP contribution in [0.2, 0.25) is 0 Å². The van der Waals surface area contributed by atoms with Gasteiger partial charge in [0, 0.05) is 13.1 Å². The van der Waals surface area contributed by atoms with Gasteiger partial charge in [-0.15, -0.1) is 0 Å². The monoisotopic (exact) mass is 405 g/mol. The highest BCUT2D eigenvalue weighted by Crippen LogP contribution is 1.76. The second-order valence-corrected chi connectivity index (χ2v) is 5.07. The number of aliphatic hydroxyl groups is 1. The van der Waals surface area contributed by atoms with Gasteiger partial charge in [-0.1, -0.05) is 0 Å². The number of carboxylic acid groups (broad SMARTS) is 1. The predicted octanol–water partition coefficient (Wildman–Crippen LogP) is -5.34. The van der Waals surface area contributed by atoms with Gasteiger partial charge in [0.15, 0.2) is 0 Å². The third kappa shape index (κ3) is 15.0. The maximum atomic E-state index is 11.5. The third-order valence-electron chi connectivity index (χ3n) is 2.71. The Labute approximate surface area is 159 Å². The summed E-state index contributed by atoms with van der Waals surface area (Å²) in [5, 5.41) is 28.1. The van der Waals surface area contributed by atoms with Crippen molar-refractivity contribution in [3.8, 4) is 0 Å². The minimum absolute atomic E-state index is 0.104. The maximum absolute atomic E-state index is 11.5. The fraction of sp³-hybridized carbons (Fsp3) is 0.571. The largest absolute Gasteiger partial charge is 0.480 e. The highest BCUT2D eigenvalue weighted by Gasteiger charge is 2.09. The molecular formula is C14H23N5O9. The molecule has 158 valence electrons. The van der Waals surface area contributed by atoms with Gasteiger partial charge in [0.25, 0.3) is 0 Å². The van der Waals surface area contributed by atoms with Gasteiger partial charge < -0.3 is 41.5 Å². The summed E-state index contributed by atoms with van der Waals surface area (Å²) in [6.45, 7) is -2.83. The second-order valence-electron chi connectivity index (χ2n) is 5.07. The van der Waals surface area contributed by atoms with Crippen LogP contribution >= 0.6 is 0 Å². The van der Waals surface area contributed by atoms with Crippen molar-refractivity contribution in [3.63, 3.8) is 0 Å². The van der Waals surface area contributed by atoms with Crippen molar-refractivity contribution in [2.24, 2.45) is 0 Å². The summed E-state index contributed by atoms with van der Waals surface area (Å²) in [6.07, 6.45) is 0. The predicted molar refractivity (Wildman–Crippen MR) is 90.6 cm³/mol. The van der Waals surface area contributed by atoms with Gasteiger partial charge in [0.2, 0.25) is 29.5 Å². The first-order valence-corrected chi connectivity index (χ1v) is 7.98. The van der Waals surface area contributed by atoms with E-state index in [-0.39, 0.29) is 19.6 Å². The number of aliphatic carboxylic acids is 1. The molecule has 28 heavy (non-hydrogen) atoms. The number of carbonyl (C=O) groups excluding carboxylic acids is 5. The zero-order valence-electron chi connectivity index (χ0n) is 14.9. The molecular weight excluding hydrogens is 382 g/mol. The lowest BCUT2D eigenvalue weighted by atomic mass is 10.4. The number of amides is 5. The average molecular weight is 405 g/mol. The minimum atomic E-state index is -1.24.